The highest BCUT2D eigenvalue weighted by Crippen LogP contribution is 2.24. The zero-order chi connectivity index (χ0) is 15.5. The van der Waals surface area contributed by atoms with Gasteiger partial charge in [-0.3, -0.25) is 0 Å². The largest absolute Gasteiger partial charge is 0.506 e. The van der Waals surface area contributed by atoms with E-state index in [0.717, 1.165) is 0 Å². The monoisotopic (exact) mass is 284 g/mol. The Morgan fingerprint density at radius 1 is 0.952 bits per heavy atom. The molecule has 0 atom stereocenters. The van der Waals surface area contributed by atoms with Gasteiger partial charge in [0.25, 0.3) is 0 Å². The first kappa shape index (κ1) is 14.9. The van der Waals surface area contributed by atoms with E-state index < -0.39 is 0 Å². The molecule has 0 aliphatic rings. The molecule has 0 spiro atoms. The number of urea groups is 1. The molecule has 0 saturated heterocycles. The van der Waals surface area contributed by atoms with E-state index in [2.05, 4.69) is 31.4 Å². The number of para-hydroxylation sites is 2. The molecule has 0 aliphatic carbocycles. The van der Waals surface area contributed by atoms with Crippen LogP contribution in [0.25, 0.3) is 0 Å². The van der Waals surface area contributed by atoms with Gasteiger partial charge in [-0.2, -0.15) is 0 Å². The van der Waals surface area contributed by atoms with E-state index in [4.69, 9.17) is 0 Å². The third-order valence-electron chi connectivity index (χ3n) is 3.16. The molecular formula is C17H20N2O2. The molecule has 2 amide bonds. The van der Waals surface area contributed by atoms with E-state index in [1.807, 2.05) is 24.3 Å². The molecule has 2 rings (SSSR count). The second-order valence-corrected chi connectivity index (χ2v) is 5.92. The predicted octanol–water partition coefficient (Wildman–Crippen LogP) is 4.33. The van der Waals surface area contributed by atoms with E-state index in [0.29, 0.717) is 11.4 Å². The van der Waals surface area contributed by atoms with Gasteiger partial charge >= 0.3 is 6.03 Å². The molecule has 0 fully saturated rings. The van der Waals surface area contributed by atoms with Crippen LogP contribution in [0.5, 0.6) is 5.75 Å². The van der Waals surface area contributed by atoms with Crippen molar-refractivity contribution in [3.8, 4) is 5.75 Å². The molecule has 0 aliphatic heterocycles. The number of hydrogen-bond donors (Lipinski definition) is 3. The fourth-order valence-corrected chi connectivity index (χ4v) is 1.92. The van der Waals surface area contributed by atoms with E-state index in [9.17, 15) is 9.90 Å². The topological polar surface area (TPSA) is 61.4 Å². The Balaban J connectivity index is 2.02. The minimum Gasteiger partial charge on any atom is -0.506 e. The van der Waals surface area contributed by atoms with Gasteiger partial charge in [0.2, 0.25) is 0 Å². The van der Waals surface area contributed by atoms with Crippen molar-refractivity contribution in [2.45, 2.75) is 26.2 Å². The summed E-state index contributed by atoms with van der Waals surface area (Å²) in [6.07, 6.45) is 0. The lowest BCUT2D eigenvalue weighted by Crippen LogP contribution is -2.19. The Labute approximate surface area is 124 Å². The van der Waals surface area contributed by atoms with E-state index in [1.165, 1.54) is 11.6 Å². The lowest BCUT2D eigenvalue weighted by molar-refractivity contribution is 0.262. The van der Waals surface area contributed by atoms with E-state index >= 15 is 0 Å². The SMILES string of the molecule is CC(C)(C)c1ccc(NC(=O)Nc2ccccc2O)cc1. The first-order valence-corrected chi connectivity index (χ1v) is 6.83. The smallest absolute Gasteiger partial charge is 0.323 e. The molecule has 4 heteroatoms. The Kier molecular flexibility index (Phi) is 4.17. The fraction of sp³-hybridized carbons (Fsp3) is 0.235. The van der Waals surface area contributed by atoms with Crippen LogP contribution in [0.3, 0.4) is 0 Å². The molecule has 3 N–H and O–H groups in total. The minimum absolute atomic E-state index is 0.0377. The number of hydrogen-bond acceptors (Lipinski definition) is 2. The minimum atomic E-state index is -0.389. The van der Waals surface area contributed by atoms with Crippen LogP contribution in [0, 0.1) is 0 Å². The van der Waals surface area contributed by atoms with Crippen LogP contribution in [0.4, 0.5) is 16.2 Å². The highest BCUT2D eigenvalue weighted by molar-refractivity contribution is 6.00. The van der Waals surface area contributed by atoms with Crippen LogP contribution in [-0.2, 0) is 5.41 Å². The lowest BCUT2D eigenvalue weighted by Gasteiger charge is -2.19. The van der Waals surface area contributed by atoms with Crippen LogP contribution >= 0.6 is 0 Å². The van der Waals surface area contributed by atoms with Gasteiger partial charge in [0.1, 0.15) is 5.75 Å². The summed E-state index contributed by atoms with van der Waals surface area (Å²) in [5.74, 6) is 0.0377. The zero-order valence-corrected chi connectivity index (χ0v) is 12.5. The summed E-state index contributed by atoms with van der Waals surface area (Å²) in [4.78, 5) is 11.9. The summed E-state index contributed by atoms with van der Waals surface area (Å²) in [5.41, 5.74) is 2.36. The summed E-state index contributed by atoms with van der Waals surface area (Å²) < 4.78 is 0. The van der Waals surface area contributed by atoms with Gasteiger partial charge < -0.3 is 15.7 Å². The zero-order valence-electron chi connectivity index (χ0n) is 12.5. The number of carbonyl (C=O) groups is 1. The maximum absolute atomic E-state index is 11.9. The number of benzene rings is 2. The number of nitrogens with one attached hydrogen (secondary N) is 2. The first-order valence-electron chi connectivity index (χ1n) is 6.83. The molecule has 4 nitrogen and oxygen atoms in total. The number of amides is 2. The number of rotatable bonds is 2. The van der Waals surface area contributed by atoms with Gasteiger partial charge in [-0.15, -0.1) is 0 Å². The molecule has 110 valence electrons. The normalized spacial score (nSPS) is 11.0. The third-order valence-corrected chi connectivity index (χ3v) is 3.16. The van der Waals surface area contributed by atoms with Crippen LogP contribution in [0.2, 0.25) is 0 Å². The van der Waals surface area contributed by atoms with E-state index in [1.54, 1.807) is 18.2 Å². The van der Waals surface area contributed by atoms with Crippen molar-refractivity contribution in [1.82, 2.24) is 0 Å². The second kappa shape index (κ2) is 5.87. The molecular weight excluding hydrogens is 264 g/mol. The van der Waals surface area contributed by atoms with Crippen LogP contribution in [0.15, 0.2) is 48.5 Å². The first-order chi connectivity index (χ1) is 9.86. The van der Waals surface area contributed by atoms with Gasteiger partial charge in [0, 0.05) is 5.69 Å². The molecule has 0 aromatic heterocycles. The maximum atomic E-state index is 11.9. The molecule has 2 aromatic rings. The molecule has 0 radical (unpaired) electrons. The van der Waals surface area contributed by atoms with Crippen molar-refractivity contribution in [1.29, 1.82) is 0 Å². The Bertz CT molecular complexity index is 628. The van der Waals surface area contributed by atoms with Crippen molar-refractivity contribution >= 4 is 17.4 Å². The van der Waals surface area contributed by atoms with Gasteiger partial charge in [-0.05, 0) is 35.2 Å². The van der Waals surface area contributed by atoms with Crippen LogP contribution in [0.1, 0.15) is 26.3 Å². The molecule has 0 bridgehead atoms. The highest BCUT2D eigenvalue weighted by Gasteiger charge is 2.13. The summed E-state index contributed by atoms with van der Waals surface area (Å²) in [6.45, 7) is 6.42. The Morgan fingerprint density at radius 2 is 1.57 bits per heavy atom. The Hall–Kier alpha value is -2.49. The van der Waals surface area contributed by atoms with Crippen molar-refractivity contribution < 1.29 is 9.90 Å². The highest BCUT2D eigenvalue weighted by atomic mass is 16.3. The van der Waals surface area contributed by atoms with Crippen molar-refractivity contribution in [2.24, 2.45) is 0 Å². The summed E-state index contributed by atoms with van der Waals surface area (Å²) >= 11 is 0. The van der Waals surface area contributed by atoms with Crippen molar-refractivity contribution in [3.05, 3.63) is 54.1 Å². The number of anilines is 2. The number of phenolic OH excluding ortho intramolecular Hbond substituents is 1. The van der Waals surface area contributed by atoms with Gasteiger partial charge in [0.05, 0.1) is 5.69 Å². The van der Waals surface area contributed by atoms with Crippen molar-refractivity contribution in [3.63, 3.8) is 0 Å². The standard InChI is InChI=1S/C17H20N2O2/c1-17(2,3)12-8-10-13(11-9-12)18-16(21)19-14-6-4-5-7-15(14)20/h4-11,20H,1-3H3,(H2,18,19,21). The average molecular weight is 284 g/mol. The third kappa shape index (κ3) is 3.99. The second-order valence-electron chi connectivity index (χ2n) is 5.92. The molecule has 0 unspecified atom stereocenters. The Morgan fingerprint density at radius 3 is 2.14 bits per heavy atom. The quantitative estimate of drug-likeness (QED) is 0.719. The average Bonchev–Trinajstić information content (AvgIpc) is 2.41. The lowest BCUT2D eigenvalue weighted by atomic mass is 9.87. The van der Waals surface area contributed by atoms with Crippen LogP contribution in [-0.4, -0.2) is 11.1 Å². The van der Waals surface area contributed by atoms with Gasteiger partial charge in [-0.1, -0.05) is 45.0 Å². The van der Waals surface area contributed by atoms with Gasteiger partial charge in [-0.25, -0.2) is 4.79 Å². The van der Waals surface area contributed by atoms with Crippen LogP contribution < -0.4 is 10.6 Å². The number of carbonyl (C=O) groups excluding carboxylic acids is 1. The molecule has 0 heterocycles. The molecule has 21 heavy (non-hydrogen) atoms. The number of phenols is 1. The fourth-order valence-electron chi connectivity index (χ4n) is 1.92. The molecule has 0 saturated carbocycles. The maximum Gasteiger partial charge on any atom is 0.323 e. The molecule has 2 aromatic carbocycles. The summed E-state index contributed by atoms with van der Waals surface area (Å²) in [5, 5.41) is 14.9. The summed E-state index contributed by atoms with van der Waals surface area (Å²) in [6, 6.07) is 13.9. The summed E-state index contributed by atoms with van der Waals surface area (Å²) in [7, 11) is 0. The van der Waals surface area contributed by atoms with Crippen molar-refractivity contribution in [2.75, 3.05) is 10.6 Å². The van der Waals surface area contributed by atoms with Gasteiger partial charge in [0.15, 0.2) is 0 Å². The predicted molar refractivity (Wildman–Crippen MR) is 85.9 cm³/mol. The van der Waals surface area contributed by atoms with E-state index in [-0.39, 0.29) is 17.2 Å². The number of aromatic hydroxyl groups is 1.